The first kappa shape index (κ1) is 18.9. The van der Waals surface area contributed by atoms with Crippen molar-refractivity contribution < 1.29 is 13.2 Å². The van der Waals surface area contributed by atoms with Gasteiger partial charge < -0.3 is 5.32 Å². The highest BCUT2D eigenvalue weighted by Gasteiger charge is 2.43. The van der Waals surface area contributed by atoms with Crippen molar-refractivity contribution >= 4 is 21.6 Å². The van der Waals surface area contributed by atoms with Gasteiger partial charge in [-0.15, -0.1) is 0 Å². The third-order valence-electron chi connectivity index (χ3n) is 6.96. The zero-order valence-corrected chi connectivity index (χ0v) is 16.9. The summed E-state index contributed by atoms with van der Waals surface area (Å²) in [6.07, 6.45) is 9.92. The van der Waals surface area contributed by atoms with Crippen molar-refractivity contribution in [2.45, 2.75) is 68.7 Å². The molecule has 3 aliphatic carbocycles. The van der Waals surface area contributed by atoms with Crippen LogP contribution in [0.25, 0.3) is 0 Å². The van der Waals surface area contributed by atoms with E-state index in [0.717, 1.165) is 38.0 Å². The Morgan fingerprint density at radius 2 is 1.70 bits per heavy atom. The molecule has 1 amide bonds. The van der Waals surface area contributed by atoms with Crippen LogP contribution in [0.5, 0.6) is 0 Å². The number of benzene rings is 1. The maximum atomic E-state index is 12.9. The summed E-state index contributed by atoms with van der Waals surface area (Å²) in [7, 11) is -1.80. The van der Waals surface area contributed by atoms with E-state index in [2.05, 4.69) is 5.32 Å². The van der Waals surface area contributed by atoms with Crippen molar-refractivity contribution in [2.75, 3.05) is 12.4 Å². The predicted octanol–water partition coefficient (Wildman–Crippen LogP) is 4.01. The second kappa shape index (κ2) is 7.55. The standard InChI is InChI=1S/C21H30N2O3S/c1-23(18-5-3-2-4-6-18)27(25,26)19-11-9-17(10-12-19)22-21(24)20-14-15-7-8-16(20)13-15/h9-12,15-16,18,20H,2-8,13-14H2,1H3,(H,22,24). The Bertz CT molecular complexity index is 784. The SMILES string of the molecule is CN(C1CCCCC1)S(=O)(=O)c1ccc(NC(=O)C2CC3CCC2C3)cc1. The number of hydrogen-bond donors (Lipinski definition) is 1. The molecule has 3 aliphatic rings. The molecule has 0 saturated heterocycles. The van der Waals surface area contributed by atoms with Gasteiger partial charge in [-0.2, -0.15) is 4.31 Å². The fourth-order valence-electron chi connectivity index (χ4n) is 5.32. The molecule has 3 unspecified atom stereocenters. The molecule has 148 valence electrons. The van der Waals surface area contributed by atoms with Gasteiger partial charge in [0.2, 0.25) is 15.9 Å². The number of rotatable bonds is 5. The molecule has 1 aromatic rings. The van der Waals surface area contributed by atoms with Gasteiger partial charge in [-0.25, -0.2) is 8.42 Å². The van der Waals surface area contributed by atoms with E-state index in [9.17, 15) is 13.2 Å². The second-order valence-corrected chi connectivity index (χ2v) is 10.6. The highest BCUT2D eigenvalue weighted by atomic mass is 32.2. The number of anilines is 1. The van der Waals surface area contributed by atoms with Crippen molar-refractivity contribution in [3.05, 3.63) is 24.3 Å². The molecule has 3 atom stereocenters. The normalized spacial score (nSPS) is 28.6. The Morgan fingerprint density at radius 3 is 2.30 bits per heavy atom. The largest absolute Gasteiger partial charge is 0.326 e. The molecule has 5 nitrogen and oxygen atoms in total. The Morgan fingerprint density at radius 1 is 1.00 bits per heavy atom. The summed E-state index contributed by atoms with van der Waals surface area (Å²) in [5.74, 6) is 1.49. The summed E-state index contributed by atoms with van der Waals surface area (Å²) in [6.45, 7) is 0. The molecule has 3 saturated carbocycles. The Kier molecular flexibility index (Phi) is 5.30. The summed E-state index contributed by atoms with van der Waals surface area (Å²) >= 11 is 0. The van der Waals surface area contributed by atoms with Crippen molar-refractivity contribution in [1.29, 1.82) is 0 Å². The van der Waals surface area contributed by atoms with Gasteiger partial charge in [0.25, 0.3) is 0 Å². The van der Waals surface area contributed by atoms with Gasteiger partial charge in [0.1, 0.15) is 0 Å². The van der Waals surface area contributed by atoms with Gasteiger partial charge in [0.15, 0.2) is 0 Å². The van der Waals surface area contributed by atoms with Crippen LogP contribution in [0.15, 0.2) is 29.2 Å². The number of sulfonamides is 1. The van der Waals surface area contributed by atoms with Crippen LogP contribution in [-0.4, -0.2) is 31.7 Å². The molecule has 1 N–H and O–H groups in total. The minimum Gasteiger partial charge on any atom is -0.326 e. The van der Waals surface area contributed by atoms with Gasteiger partial charge in [0.05, 0.1) is 4.90 Å². The summed E-state index contributed by atoms with van der Waals surface area (Å²) in [4.78, 5) is 12.9. The smallest absolute Gasteiger partial charge is 0.243 e. The third kappa shape index (κ3) is 3.79. The first-order chi connectivity index (χ1) is 12.9. The van der Waals surface area contributed by atoms with Crippen LogP contribution < -0.4 is 5.32 Å². The predicted molar refractivity (Wildman–Crippen MR) is 106 cm³/mol. The zero-order chi connectivity index (χ0) is 19.0. The molecule has 0 spiro atoms. The molecule has 2 bridgehead atoms. The van der Waals surface area contributed by atoms with Crippen LogP contribution in [0, 0.1) is 17.8 Å². The molecule has 0 aromatic heterocycles. The molecule has 4 rings (SSSR count). The maximum absolute atomic E-state index is 12.9. The Balaban J connectivity index is 1.41. The van der Waals surface area contributed by atoms with E-state index in [1.807, 2.05) is 0 Å². The van der Waals surface area contributed by atoms with Crippen LogP contribution in [0.3, 0.4) is 0 Å². The lowest BCUT2D eigenvalue weighted by atomic mass is 9.88. The lowest BCUT2D eigenvalue weighted by Crippen LogP contribution is -2.38. The highest BCUT2D eigenvalue weighted by Crippen LogP contribution is 2.48. The summed E-state index contributed by atoms with van der Waals surface area (Å²) in [6, 6.07) is 6.76. The van der Waals surface area contributed by atoms with E-state index >= 15 is 0 Å². The number of amides is 1. The number of hydrogen-bond acceptors (Lipinski definition) is 3. The van der Waals surface area contributed by atoms with Crippen LogP contribution in [-0.2, 0) is 14.8 Å². The van der Waals surface area contributed by atoms with E-state index < -0.39 is 10.0 Å². The fraction of sp³-hybridized carbons (Fsp3) is 0.667. The molecule has 6 heteroatoms. The number of nitrogens with one attached hydrogen (secondary N) is 1. The summed E-state index contributed by atoms with van der Waals surface area (Å²) in [5, 5.41) is 2.99. The van der Waals surface area contributed by atoms with Gasteiger partial charge in [-0.05, 0) is 68.2 Å². The van der Waals surface area contributed by atoms with Gasteiger partial charge in [0, 0.05) is 24.7 Å². The quantitative estimate of drug-likeness (QED) is 0.826. The minimum absolute atomic E-state index is 0.0946. The zero-order valence-electron chi connectivity index (χ0n) is 16.1. The summed E-state index contributed by atoms with van der Waals surface area (Å²) < 4.78 is 27.3. The minimum atomic E-state index is -3.49. The number of fused-ring (bicyclic) bond motifs is 2. The monoisotopic (exact) mass is 390 g/mol. The topological polar surface area (TPSA) is 66.5 Å². The second-order valence-electron chi connectivity index (χ2n) is 8.61. The van der Waals surface area contributed by atoms with Crippen LogP contribution in [0.1, 0.15) is 57.8 Å². The molecular weight excluding hydrogens is 360 g/mol. The first-order valence-electron chi connectivity index (χ1n) is 10.3. The molecule has 0 aliphatic heterocycles. The summed E-state index contributed by atoms with van der Waals surface area (Å²) in [5.41, 5.74) is 0.682. The molecule has 0 heterocycles. The number of carbonyl (C=O) groups excluding carboxylic acids is 1. The molecule has 0 radical (unpaired) electrons. The molecule has 27 heavy (non-hydrogen) atoms. The Hall–Kier alpha value is -1.40. The average Bonchev–Trinajstić information content (AvgIpc) is 3.32. The van der Waals surface area contributed by atoms with Gasteiger partial charge >= 0.3 is 0 Å². The van der Waals surface area contributed by atoms with Gasteiger partial charge in [-0.1, -0.05) is 25.7 Å². The van der Waals surface area contributed by atoms with E-state index in [4.69, 9.17) is 0 Å². The fourth-order valence-corrected chi connectivity index (χ4v) is 6.73. The average molecular weight is 391 g/mol. The molecule has 1 aromatic carbocycles. The van der Waals surface area contributed by atoms with Crippen molar-refractivity contribution in [2.24, 2.45) is 17.8 Å². The van der Waals surface area contributed by atoms with Crippen molar-refractivity contribution in [3.63, 3.8) is 0 Å². The Labute approximate surface area is 162 Å². The van der Waals surface area contributed by atoms with E-state index in [1.54, 1.807) is 31.3 Å². The molecule has 3 fully saturated rings. The van der Waals surface area contributed by atoms with E-state index in [-0.39, 0.29) is 17.9 Å². The first-order valence-corrected chi connectivity index (χ1v) is 11.8. The van der Waals surface area contributed by atoms with Crippen LogP contribution in [0.2, 0.25) is 0 Å². The number of nitrogens with zero attached hydrogens (tertiary/aromatic N) is 1. The number of carbonyl (C=O) groups is 1. The van der Waals surface area contributed by atoms with Crippen molar-refractivity contribution in [3.8, 4) is 0 Å². The highest BCUT2D eigenvalue weighted by molar-refractivity contribution is 7.89. The van der Waals surface area contributed by atoms with E-state index in [1.165, 1.54) is 30.0 Å². The van der Waals surface area contributed by atoms with Crippen LogP contribution in [0.4, 0.5) is 5.69 Å². The lowest BCUT2D eigenvalue weighted by Gasteiger charge is -2.30. The third-order valence-corrected chi connectivity index (χ3v) is 8.89. The van der Waals surface area contributed by atoms with Crippen molar-refractivity contribution in [1.82, 2.24) is 4.31 Å². The van der Waals surface area contributed by atoms with Gasteiger partial charge in [-0.3, -0.25) is 4.79 Å². The van der Waals surface area contributed by atoms with E-state index in [0.29, 0.717) is 16.5 Å². The maximum Gasteiger partial charge on any atom is 0.243 e. The lowest BCUT2D eigenvalue weighted by molar-refractivity contribution is -0.121. The van der Waals surface area contributed by atoms with Crippen LogP contribution >= 0.6 is 0 Å². The molecular formula is C21H30N2O3S.